The molecule has 2 N–H and O–H groups in total. The van der Waals surface area contributed by atoms with Crippen LogP contribution in [0.4, 0.5) is 4.39 Å². The Balaban J connectivity index is 2.60. The maximum absolute atomic E-state index is 13.0. The van der Waals surface area contributed by atoms with Crippen LogP contribution in [0.15, 0.2) is 24.3 Å². The van der Waals surface area contributed by atoms with Crippen LogP contribution in [0.5, 0.6) is 0 Å². The van der Waals surface area contributed by atoms with Crippen molar-refractivity contribution in [3.63, 3.8) is 0 Å². The highest BCUT2D eigenvalue weighted by Gasteiger charge is 2.11. The molecule has 0 heterocycles. The van der Waals surface area contributed by atoms with Gasteiger partial charge in [0.2, 0.25) is 5.91 Å². The second-order valence-corrected chi connectivity index (χ2v) is 5.43. The molecule has 1 atom stereocenters. The molecule has 0 saturated carbocycles. The number of aliphatic hydroxyl groups is 1. The van der Waals surface area contributed by atoms with Gasteiger partial charge in [-0.05, 0) is 36.1 Å². The summed E-state index contributed by atoms with van der Waals surface area (Å²) in [6.07, 6.45) is 3.59. The van der Waals surface area contributed by atoms with Gasteiger partial charge in [0.1, 0.15) is 5.82 Å². The van der Waals surface area contributed by atoms with Crippen LogP contribution < -0.4 is 5.32 Å². The second-order valence-electron chi connectivity index (χ2n) is 5.02. The van der Waals surface area contributed by atoms with Crippen LogP contribution >= 0.6 is 11.6 Å². The van der Waals surface area contributed by atoms with E-state index in [4.69, 9.17) is 11.6 Å². The van der Waals surface area contributed by atoms with E-state index in [0.717, 1.165) is 0 Å². The first-order valence-electron chi connectivity index (χ1n) is 6.47. The summed E-state index contributed by atoms with van der Waals surface area (Å²) >= 11 is 5.65. The van der Waals surface area contributed by atoms with Crippen molar-refractivity contribution < 1.29 is 14.3 Å². The van der Waals surface area contributed by atoms with E-state index in [1.165, 1.54) is 24.3 Å². The number of hydrogen-bond donors (Lipinski definition) is 2. The van der Waals surface area contributed by atoms with E-state index in [9.17, 15) is 14.3 Å². The highest BCUT2D eigenvalue weighted by atomic mass is 35.5. The first-order chi connectivity index (χ1) is 9.42. The second kappa shape index (κ2) is 8.02. The highest BCUT2D eigenvalue weighted by Crippen LogP contribution is 2.16. The maximum atomic E-state index is 13.0. The van der Waals surface area contributed by atoms with Gasteiger partial charge in [0.15, 0.2) is 0 Å². The molecule has 0 spiro atoms. The third kappa shape index (κ3) is 5.72. The lowest BCUT2D eigenvalue weighted by molar-refractivity contribution is -0.117. The Kier molecular flexibility index (Phi) is 6.68. The molecule has 0 aliphatic carbocycles. The number of benzene rings is 1. The zero-order valence-electron chi connectivity index (χ0n) is 11.6. The van der Waals surface area contributed by atoms with E-state index in [0.29, 0.717) is 17.9 Å². The molecule has 0 saturated heterocycles. The SMILES string of the molecule is CC(C)CC(CO)NC(=O)/C=C/c1ccc(F)c(Cl)c1. The quantitative estimate of drug-likeness (QED) is 0.793. The molecule has 1 aromatic rings. The summed E-state index contributed by atoms with van der Waals surface area (Å²) in [5.74, 6) is -0.414. The van der Waals surface area contributed by atoms with E-state index in [2.05, 4.69) is 5.32 Å². The average molecular weight is 300 g/mol. The Labute approximate surface area is 123 Å². The average Bonchev–Trinajstić information content (AvgIpc) is 2.39. The summed E-state index contributed by atoms with van der Waals surface area (Å²) in [5, 5.41) is 11.9. The summed E-state index contributed by atoms with van der Waals surface area (Å²) in [7, 11) is 0. The lowest BCUT2D eigenvalue weighted by Crippen LogP contribution is -2.37. The molecule has 1 aromatic carbocycles. The fourth-order valence-corrected chi connectivity index (χ4v) is 1.97. The fourth-order valence-electron chi connectivity index (χ4n) is 1.79. The maximum Gasteiger partial charge on any atom is 0.244 e. The van der Waals surface area contributed by atoms with Gasteiger partial charge in [-0.25, -0.2) is 4.39 Å². The topological polar surface area (TPSA) is 49.3 Å². The number of amides is 1. The molecule has 1 unspecified atom stereocenters. The van der Waals surface area contributed by atoms with Gasteiger partial charge in [0, 0.05) is 6.08 Å². The molecule has 0 aliphatic rings. The largest absolute Gasteiger partial charge is 0.394 e. The van der Waals surface area contributed by atoms with Crippen LogP contribution in [0, 0.1) is 11.7 Å². The van der Waals surface area contributed by atoms with Crippen molar-refractivity contribution in [1.29, 1.82) is 0 Å². The van der Waals surface area contributed by atoms with E-state index in [1.807, 2.05) is 13.8 Å². The van der Waals surface area contributed by atoms with Crippen LogP contribution in [0.25, 0.3) is 6.08 Å². The van der Waals surface area contributed by atoms with Crippen LogP contribution in [0.1, 0.15) is 25.8 Å². The lowest BCUT2D eigenvalue weighted by Gasteiger charge is -2.17. The number of hydrogen-bond acceptors (Lipinski definition) is 2. The first kappa shape index (κ1) is 16.7. The van der Waals surface area contributed by atoms with Crippen molar-refractivity contribution in [2.24, 2.45) is 5.92 Å². The first-order valence-corrected chi connectivity index (χ1v) is 6.84. The molecule has 0 aliphatic heterocycles. The third-order valence-electron chi connectivity index (χ3n) is 2.69. The monoisotopic (exact) mass is 299 g/mol. The van der Waals surface area contributed by atoms with Crippen molar-refractivity contribution in [3.05, 3.63) is 40.7 Å². The normalized spacial score (nSPS) is 12.9. The minimum atomic E-state index is -0.495. The minimum Gasteiger partial charge on any atom is -0.394 e. The van der Waals surface area contributed by atoms with E-state index < -0.39 is 5.82 Å². The molecule has 20 heavy (non-hydrogen) atoms. The Morgan fingerprint density at radius 3 is 2.75 bits per heavy atom. The van der Waals surface area contributed by atoms with E-state index in [-0.39, 0.29) is 23.6 Å². The summed E-state index contributed by atoms with van der Waals surface area (Å²) in [6, 6.07) is 3.96. The third-order valence-corrected chi connectivity index (χ3v) is 2.98. The van der Waals surface area contributed by atoms with Crippen molar-refractivity contribution in [1.82, 2.24) is 5.32 Å². The molecule has 0 radical (unpaired) electrons. The van der Waals surface area contributed by atoms with Gasteiger partial charge in [-0.3, -0.25) is 4.79 Å². The smallest absolute Gasteiger partial charge is 0.244 e. The van der Waals surface area contributed by atoms with Crippen LogP contribution in [0.2, 0.25) is 5.02 Å². The van der Waals surface area contributed by atoms with Gasteiger partial charge < -0.3 is 10.4 Å². The molecular weight excluding hydrogens is 281 g/mol. The highest BCUT2D eigenvalue weighted by molar-refractivity contribution is 6.30. The summed E-state index contributed by atoms with van der Waals surface area (Å²) in [4.78, 5) is 11.7. The molecule has 0 fully saturated rings. The number of carbonyl (C=O) groups excluding carboxylic acids is 1. The minimum absolute atomic E-state index is 0.0144. The molecule has 0 bridgehead atoms. The van der Waals surface area contributed by atoms with Crippen molar-refractivity contribution in [2.45, 2.75) is 26.3 Å². The van der Waals surface area contributed by atoms with Gasteiger partial charge in [0.05, 0.1) is 17.7 Å². The summed E-state index contributed by atoms with van der Waals surface area (Å²) in [6.45, 7) is 3.94. The number of carbonyl (C=O) groups is 1. The van der Waals surface area contributed by atoms with Crippen molar-refractivity contribution in [2.75, 3.05) is 6.61 Å². The van der Waals surface area contributed by atoms with E-state index >= 15 is 0 Å². The lowest BCUT2D eigenvalue weighted by atomic mass is 10.0. The Morgan fingerprint density at radius 1 is 1.50 bits per heavy atom. The van der Waals surface area contributed by atoms with Gasteiger partial charge in [-0.15, -0.1) is 0 Å². The van der Waals surface area contributed by atoms with Gasteiger partial charge in [-0.2, -0.15) is 0 Å². The van der Waals surface area contributed by atoms with Crippen LogP contribution in [0.3, 0.4) is 0 Å². The summed E-state index contributed by atoms with van der Waals surface area (Å²) in [5.41, 5.74) is 0.635. The molecule has 3 nitrogen and oxygen atoms in total. The van der Waals surface area contributed by atoms with Gasteiger partial charge in [0.25, 0.3) is 0 Å². The molecular formula is C15H19ClFNO2. The molecule has 1 amide bonds. The number of aliphatic hydroxyl groups excluding tert-OH is 1. The van der Waals surface area contributed by atoms with Crippen LogP contribution in [-0.2, 0) is 4.79 Å². The number of rotatable bonds is 6. The van der Waals surface area contributed by atoms with E-state index in [1.54, 1.807) is 6.08 Å². The molecule has 110 valence electrons. The van der Waals surface area contributed by atoms with Crippen molar-refractivity contribution >= 4 is 23.6 Å². The van der Waals surface area contributed by atoms with Crippen molar-refractivity contribution in [3.8, 4) is 0 Å². The fraction of sp³-hybridized carbons (Fsp3) is 0.400. The number of halogens is 2. The van der Waals surface area contributed by atoms with Gasteiger partial charge >= 0.3 is 0 Å². The summed E-state index contributed by atoms with van der Waals surface area (Å²) < 4.78 is 13.0. The number of nitrogens with one attached hydrogen (secondary N) is 1. The molecule has 5 heteroatoms. The van der Waals surface area contributed by atoms with Crippen LogP contribution in [-0.4, -0.2) is 23.7 Å². The molecule has 1 rings (SSSR count). The zero-order valence-corrected chi connectivity index (χ0v) is 12.3. The Hall–Kier alpha value is -1.39. The Morgan fingerprint density at radius 2 is 2.20 bits per heavy atom. The Bertz CT molecular complexity index is 489. The molecule has 0 aromatic heterocycles. The standard InChI is InChI=1S/C15H19ClFNO2/c1-10(2)7-12(9-19)18-15(20)6-4-11-3-5-14(17)13(16)8-11/h3-6,8,10,12,19H,7,9H2,1-2H3,(H,18,20)/b6-4+. The van der Waals surface area contributed by atoms with Gasteiger partial charge in [-0.1, -0.05) is 31.5 Å². The predicted octanol–water partition coefficient (Wildman–Crippen LogP) is 3.02. The predicted molar refractivity (Wildman–Crippen MR) is 78.9 cm³/mol. The zero-order chi connectivity index (χ0) is 15.1.